The Morgan fingerprint density at radius 3 is 3.00 bits per heavy atom. The van der Waals surface area contributed by atoms with Crippen LogP contribution in [-0.2, 0) is 13.0 Å². The van der Waals surface area contributed by atoms with Crippen molar-refractivity contribution in [3.8, 4) is 0 Å². The molecule has 0 aliphatic heterocycles. The summed E-state index contributed by atoms with van der Waals surface area (Å²) < 4.78 is 2.14. The van der Waals surface area contributed by atoms with E-state index < -0.39 is 0 Å². The summed E-state index contributed by atoms with van der Waals surface area (Å²) in [6, 6.07) is -0.120. The lowest BCUT2D eigenvalue weighted by Crippen LogP contribution is -2.34. The Balaban J connectivity index is 2.27. The predicted molar refractivity (Wildman–Crippen MR) is 56.4 cm³/mol. The summed E-state index contributed by atoms with van der Waals surface area (Å²) >= 11 is 1.72. The molecule has 0 saturated carbocycles. The molecule has 1 rings (SSSR count). The molecule has 5 heteroatoms. The van der Waals surface area contributed by atoms with E-state index >= 15 is 0 Å². The molecular weight excluding hydrogens is 198 g/mol. The zero-order chi connectivity index (χ0) is 10.4. The van der Waals surface area contributed by atoms with E-state index in [1.165, 1.54) is 4.88 Å². The molecular formula is C9H16N3OS+. The number of aromatic nitrogens is 1. The molecule has 0 saturated heterocycles. The molecule has 0 unspecified atom stereocenters. The first-order valence-corrected chi connectivity index (χ1v) is 5.56. The van der Waals surface area contributed by atoms with Crippen molar-refractivity contribution in [1.29, 1.82) is 0 Å². The smallest absolute Gasteiger partial charge is 0.314 e. The molecule has 0 fully saturated rings. The topological polar surface area (TPSA) is 45.0 Å². The van der Waals surface area contributed by atoms with Crippen LogP contribution in [0.1, 0.15) is 11.8 Å². The van der Waals surface area contributed by atoms with E-state index in [4.69, 9.17) is 0 Å². The van der Waals surface area contributed by atoms with Gasteiger partial charge in [-0.3, -0.25) is 0 Å². The van der Waals surface area contributed by atoms with E-state index in [-0.39, 0.29) is 6.03 Å². The van der Waals surface area contributed by atoms with Crippen molar-refractivity contribution in [3.05, 3.63) is 16.6 Å². The molecule has 1 heterocycles. The fraction of sp³-hybridized carbons (Fsp3) is 0.556. The predicted octanol–water partition coefficient (Wildman–Crippen LogP) is 0.527. The van der Waals surface area contributed by atoms with Crippen molar-refractivity contribution >= 4 is 17.4 Å². The summed E-state index contributed by atoms with van der Waals surface area (Å²) in [4.78, 5) is 12.1. The maximum absolute atomic E-state index is 10.8. The van der Waals surface area contributed by atoms with Crippen LogP contribution in [0.25, 0.3) is 0 Å². The Morgan fingerprint density at radius 1 is 1.64 bits per heavy atom. The Labute approximate surface area is 88.0 Å². The van der Waals surface area contributed by atoms with Crippen LogP contribution in [0, 0.1) is 0 Å². The highest BCUT2D eigenvalue weighted by Crippen LogP contribution is 2.03. The monoisotopic (exact) mass is 214 g/mol. The Kier molecular flexibility index (Phi) is 4.39. The van der Waals surface area contributed by atoms with Crippen LogP contribution in [0.5, 0.6) is 0 Å². The van der Waals surface area contributed by atoms with Crippen molar-refractivity contribution in [2.75, 3.05) is 13.6 Å². The highest BCUT2D eigenvalue weighted by Gasteiger charge is 2.04. The number of hydrogen-bond acceptors (Lipinski definition) is 2. The molecule has 0 atom stereocenters. The van der Waals surface area contributed by atoms with Gasteiger partial charge in [-0.25, -0.2) is 4.79 Å². The molecule has 2 N–H and O–H groups in total. The van der Waals surface area contributed by atoms with E-state index in [1.54, 1.807) is 18.4 Å². The standard InChI is InChI=1S/C9H15N3OS/c1-3-12-6-8(14-7-12)4-5-11-9(13)10-2/h6-7H,3-5H2,1-2H3,(H-,10,11,13)/p+1. The van der Waals surface area contributed by atoms with E-state index in [9.17, 15) is 4.79 Å². The van der Waals surface area contributed by atoms with Gasteiger partial charge in [-0.05, 0) is 6.92 Å². The van der Waals surface area contributed by atoms with Crippen LogP contribution in [0.2, 0.25) is 0 Å². The maximum atomic E-state index is 10.8. The van der Waals surface area contributed by atoms with Crippen LogP contribution < -0.4 is 15.2 Å². The lowest BCUT2D eigenvalue weighted by molar-refractivity contribution is -0.689. The number of aryl methyl sites for hydroxylation is 1. The Morgan fingerprint density at radius 2 is 2.43 bits per heavy atom. The molecule has 4 nitrogen and oxygen atoms in total. The highest BCUT2D eigenvalue weighted by atomic mass is 32.1. The van der Waals surface area contributed by atoms with Crippen molar-refractivity contribution in [3.63, 3.8) is 0 Å². The second-order valence-electron chi connectivity index (χ2n) is 2.91. The minimum absolute atomic E-state index is 0.120. The number of urea groups is 1. The quantitative estimate of drug-likeness (QED) is 0.705. The average Bonchev–Trinajstić information content (AvgIpc) is 2.65. The van der Waals surface area contributed by atoms with Gasteiger partial charge in [0.05, 0.1) is 4.88 Å². The van der Waals surface area contributed by atoms with Gasteiger partial charge < -0.3 is 10.6 Å². The number of rotatable bonds is 4. The van der Waals surface area contributed by atoms with Gasteiger partial charge in [0.25, 0.3) is 0 Å². The first-order chi connectivity index (χ1) is 6.76. The first kappa shape index (κ1) is 11.0. The van der Waals surface area contributed by atoms with Crippen molar-refractivity contribution < 1.29 is 9.36 Å². The molecule has 2 amide bonds. The third-order valence-electron chi connectivity index (χ3n) is 1.90. The van der Waals surface area contributed by atoms with Gasteiger partial charge >= 0.3 is 6.03 Å². The van der Waals surface area contributed by atoms with Gasteiger partial charge in [-0.2, -0.15) is 4.57 Å². The van der Waals surface area contributed by atoms with Gasteiger partial charge in [0.1, 0.15) is 6.54 Å². The summed E-state index contributed by atoms with van der Waals surface area (Å²) in [6.45, 7) is 3.79. The van der Waals surface area contributed by atoms with E-state index in [0.717, 1.165) is 13.0 Å². The number of nitrogens with zero attached hydrogens (tertiary/aromatic N) is 1. The van der Waals surface area contributed by atoms with E-state index in [2.05, 4.69) is 33.8 Å². The SMILES string of the molecule is CC[n+]1csc(CCNC(=O)NC)c1. The van der Waals surface area contributed by atoms with Gasteiger partial charge in [0.2, 0.25) is 5.51 Å². The summed E-state index contributed by atoms with van der Waals surface area (Å²) in [5, 5.41) is 5.27. The van der Waals surface area contributed by atoms with Crippen LogP contribution in [0.4, 0.5) is 4.79 Å². The number of carbonyl (C=O) groups excluding carboxylic acids is 1. The second-order valence-corrected chi connectivity index (χ2v) is 3.88. The number of amides is 2. The zero-order valence-corrected chi connectivity index (χ0v) is 9.36. The van der Waals surface area contributed by atoms with Gasteiger partial charge in [-0.15, -0.1) is 0 Å². The fourth-order valence-corrected chi connectivity index (χ4v) is 1.96. The van der Waals surface area contributed by atoms with E-state index in [0.29, 0.717) is 6.54 Å². The number of thiazole rings is 1. The zero-order valence-electron chi connectivity index (χ0n) is 8.54. The Hall–Kier alpha value is -1.10. The molecule has 78 valence electrons. The normalized spacial score (nSPS) is 9.86. The summed E-state index contributed by atoms with van der Waals surface area (Å²) in [6.07, 6.45) is 3.02. The van der Waals surface area contributed by atoms with E-state index in [1.807, 2.05) is 0 Å². The number of nitrogens with one attached hydrogen (secondary N) is 2. The largest absolute Gasteiger partial charge is 0.341 e. The minimum atomic E-state index is -0.120. The molecule has 1 aromatic rings. The summed E-state index contributed by atoms with van der Waals surface area (Å²) in [5.41, 5.74) is 2.09. The van der Waals surface area contributed by atoms with Gasteiger partial charge in [0, 0.05) is 20.0 Å². The lowest BCUT2D eigenvalue weighted by Gasteiger charge is -2.00. The molecule has 0 spiro atoms. The molecule has 1 aromatic heterocycles. The Bertz CT molecular complexity index is 298. The summed E-state index contributed by atoms with van der Waals surface area (Å²) in [7, 11) is 1.62. The molecule has 0 aliphatic rings. The second kappa shape index (κ2) is 5.59. The molecule has 14 heavy (non-hydrogen) atoms. The van der Waals surface area contributed by atoms with Crippen LogP contribution in [0.3, 0.4) is 0 Å². The first-order valence-electron chi connectivity index (χ1n) is 4.68. The maximum Gasteiger partial charge on any atom is 0.314 e. The van der Waals surface area contributed by atoms with Gasteiger partial charge in [-0.1, -0.05) is 11.3 Å². The van der Waals surface area contributed by atoms with Gasteiger partial charge in [0.15, 0.2) is 6.20 Å². The average molecular weight is 214 g/mol. The third-order valence-corrected chi connectivity index (χ3v) is 2.89. The third kappa shape index (κ3) is 3.33. The fourth-order valence-electron chi connectivity index (χ4n) is 1.06. The molecule has 0 bridgehead atoms. The highest BCUT2D eigenvalue weighted by molar-refractivity contribution is 7.09. The van der Waals surface area contributed by atoms with Crippen molar-refractivity contribution in [2.45, 2.75) is 19.9 Å². The van der Waals surface area contributed by atoms with Crippen LogP contribution >= 0.6 is 11.3 Å². The lowest BCUT2D eigenvalue weighted by atomic mass is 10.4. The minimum Gasteiger partial charge on any atom is -0.341 e. The van der Waals surface area contributed by atoms with Crippen molar-refractivity contribution in [2.24, 2.45) is 0 Å². The molecule has 0 aliphatic carbocycles. The number of carbonyl (C=O) groups is 1. The summed E-state index contributed by atoms with van der Waals surface area (Å²) in [5.74, 6) is 0. The van der Waals surface area contributed by atoms with Crippen LogP contribution in [0.15, 0.2) is 11.7 Å². The number of hydrogen-bond donors (Lipinski definition) is 2. The molecule has 0 radical (unpaired) electrons. The molecule has 0 aromatic carbocycles. The van der Waals surface area contributed by atoms with Crippen molar-refractivity contribution in [1.82, 2.24) is 10.6 Å². The van der Waals surface area contributed by atoms with Crippen LogP contribution in [-0.4, -0.2) is 19.6 Å².